The van der Waals surface area contributed by atoms with Gasteiger partial charge in [0, 0.05) is 17.2 Å². The van der Waals surface area contributed by atoms with E-state index in [0.29, 0.717) is 11.4 Å². The average molecular weight is 323 g/mol. The first-order chi connectivity index (χ1) is 11.6. The van der Waals surface area contributed by atoms with E-state index >= 15 is 0 Å². The van der Waals surface area contributed by atoms with Crippen LogP contribution in [-0.2, 0) is 0 Å². The number of halogens is 1. The van der Waals surface area contributed by atoms with Crippen LogP contribution in [0.5, 0.6) is 0 Å². The average Bonchev–Trinajstić information content (AvgIpc) is 3.21. The number of hydrogen-bond donors (Lipinski definition) is 0. The monoisotopic (exact) mass is 323 g/mol. The highest BCUT2D eigenvalue weighted by Crippen LogP contribution is 2.25. The Bertz CT molecular complexity index is 1020. The summed E-state index contributed by atoms with van der Waals surface area (Å²) in [7, 11) is 0. The van der Waals surface area contributed by atoms with Crippen molar-refractivity contribution in [2.24, 2.45) is 0 Å². The van der Waals surface area contributed by atoms with Gasteiger partial charge in [-0.3, -0.25) is 0 Å². The fourth-order valence-corrected chi connectivity index (χ4v) is 2.54. The zero-order chi connectivity index (χ0) is 16.7. The molecule has 120 valence electrons. The van der Waals surface area contributed by atoms with E-state index in [4.69, 9.17) is 4.52 Å². The minimum absolute atomic E-state index is 0.227. The SMILES string of the molecule is CC(C)n1nnc2cc(-c3noc(-c4cccc(F)c4)n3)ccc21. The second kappa shape index (κ2) is 5.52. The van der Waals surface area contributed by atoms with E-state index in [2.05, 4.69) is 20.5 Å². The van der Waals surface area contributed by atoms with E-state index in [9.17, 15) is 4.39 Å². The van der Waals surface area contributed by atoms with Crippen LogP contribution < -0.4 is 0 Å². The molecule has 24 heavy (non-hydrogen) atoms. The van der Waals surface area contributed by atoms with Gasteiger partial charge in [-0.05, 0) is 50.2 Å². The first kappa shape index (κ1) is 14.5. The van der Waals surface area contributed by atoms with Crippen LogP contribution in [0, 0.1) is 5.82 Å². The molecule has 4 aromatic rings. The summed E-state index contributed by atoms with van der Waals surface area (Å²) in [5.74, 6) is 0.352. The van der Waals surface area contributed by atoms with Gasteiger partial charge in [0.2, 0.25) is 5.82 Å². The number of rotatable bonds is 3. The van der Waals surface area contributed by atoms with E-state index < -0.39 is 0 Å². The van der Waals surface area contributed by atoms with Crippen molar-refractivity contribution in [3.05, 3.63) is 48.3 Å². The van der Waals surface area contributed by atoms with Crippen molar-refractivity contribution in [2.45, 2.75) is 19.9 Å². The predicted octanol–water partition coefficient (Wildman–Crippen LogP) is 3.87. The Hall–Kier alpha value is -3.09. The van der Waals surface area contributed by atoms with E-state index in [1.807, 2.05) is 36.7 Å². The van der Waals surface area contributed by atoms with E-state index in [0.717, 1.165) is 16.6 Å². The standard InChI is InChI=1S/C17H14FN5O/c1-10(2)23-15-7-6-11(9-14(15)20-22-23)16-19-17(24-21-16)12-4-3-5-13(18)8-12/h3-10H,1-2H3. The van der Waals surface area contributed by atoms with Crippen molar-refractivity contribution in [1.29, 1.82) is 0 Å². The first-order valence-corrected chi connectivity index (χ1v) is 7.57. The first-order valence-electron chi connectivity index (χ1n) is 7.57. The molecule has 0 saturated carbocycles. The van der Waals surface area contributed by atoms with E-state index in [-0.39, 0.29) is 17.7 Å². The zero-order valence-electron chi connectivity index (χ0n) is 13.1. The maximum Gasteiger partial charge on any atom is 0.258 e. The Balaban J connectivity index is 1.73. The fourth-order valence-electron chi connectivity index (χ4n) is 2.54. The summed E-state index contributed by atoms with van der Waals surface area (Å²) < 4.78 is 20.4. The van der Waals surface area contributed by atoms with Gasteiger partial charge in [0.15, 0.2) is 0 Å². The molecular formula is C17H14FN5O. The van der Waals surface area contributed by atoms with Gasteiger partial charge in [-0.15, -0.1) is 5.10 Å². The maximum absolute atomic E-state index is 13.3. The van der Waals surface area contributed by atoms with E-state index in [1.54, 1.807) is 12.1 Å². The van der Waals surface area contributed by atoms with Crippen molar-refractivity contribution < 1.29 is 8.91 Å². The third-order valence-corrected chi connectivity index (χ3v) is 3.72. The van der Waals surface area contributed by atoms with Gasteiger partial charge in [-0.25, -0.2) is 9.07 Å². The quantitative estimate of drug-likeness (QED) is 0.572. The van der Waals surface area contributed by atoms with Crippen LogP contribution in [0.4, 0.5) is 4.39 Å². The molecule has 6 nitrogen and oxygen atoms in total. The third kappa shape index (κ3) is 2.44. The molecule has 2 aromatic carbocycles. The molecule has 0 aliphatic rings. The summed E-state index contributed by atoms with van der Waals surface area (Å²) in [6, 6.07) is 12.0. The Morgan fingerprint density at radius 2 is 1.96 bits per heavy atom. The van der Waals surface area contributed by atoms with Crippen LogP contribution in [0.15, 0.2) is 47.0 Å². The minimum Gasteiger partial charge on any atom is -0.334 e. The smallest absolute Gasteiger partial charge is 0.258 e. The van der Waals surface area contributed by atoms with Crippen LogP contribution in [0.1, 0.15) is 19.9 Å². The summed E-state index contributed by atoms with van der Waals surface area (Å²) in [5, 5.41) is 12.3. The van der Waals surface area contributed by atoms with Gasteiger partial charge in [-0.2, -0.15) is 4.98 Å². The zero-order valence-corrected chi connectivity index (χ0v) is 13.1. The molecule has 0 amide bonds. The van der Waals surface area contributed by atoms with Crippen LogP contribution in [0.3, 0.4) is 0 Å². The minimum atomic E-state index is -0.348. The number of hydrogen-bond acceptors (Lipinski definition) is 5. The largest absolute Gasteiger partial charge is 0.334 e. The van der Waals surface area contributed by atoms with Crippen LogP contribution in [0.2, 0.25) is 0 Å². The molecule has 2 aromatic heterocycles. The Morgan fingerprint density at radius 3 is 2.75 bits per heavy atom. The molecule has 0 unspecified atom stereocenters. The van der Waals surface area contributed by atoms with Crippen molar-refractivity contribution in [3.63, 3.8) is 0 Å². The number of benzene rings is 2. The Labute approximate surface area is 136 Å². The molecule has 7 heteroatoms. The van der Waals surface area contributed by atoms with Crippen LogP contribution in [0.25, 0.3) is 33.9 Å². The number of fused-ring (bicyclic) bond motifs is 1. The highest BCUT2D eigenvalue weighted by molar-refractivity contribution is 5.80. The lowest BCUT2D eigenvalue weighted by molar-refractivity contribution is 0.432. The van der Waals surface area contributed by atoms with Gasteiger partial charge >= 0.3 is 0 Å². The lowest BCUT2D eigenvalue weighted by atomic mass is 10.2. The summed E-state index contributed by atoms with van der Waals surface area (Å²) in [6.07, 6.45) is 0. The lowest BCUT2D eigenvalue weighted by Gasteiger charge is -2.04. The Kier molecular flexibility index (Phi) is 3.34. The molecule has 0 aliphatic carbocycles. The molecule has 0 saturated heterocycles. The molecule has 0 fully saturated rings. The highest BCUT2D eigenvalue weighted by Gasteiger charge is 2.14. The van der Waals surface area contributed by atoms with Gasteiger partial charge in [-0.1, -0.05) is 16.4 Å². The molecule has 0 atom stereocenters. The molecule has 0 spiro atoms. The molecule has 2 heterocycles. The Morgan fingerprint density at radius 1 is 1.08 bits per heavy atom. The second-order valence-corrected chi connectivity index (χ2v) is 5.76. The number of aromatic nitrogens is 5. The van der Waals surface area contributed by atoms with Gasteiger partial charge < -0.3 is 4.52 Å². The van der Waals surface area contributed by atoms with Crippen molar-refractivity contribution in [3.8, 4) is 22.8 Å². The number of nitrogens with zero attached hydrogens (tertiary/aromatic N) is 5. The van der Waals surface area contributed by atoms with Gasteiger partial charge in [0.25, 0.3) is 5.89 Å². The van der Waals surface area contributed by atoms with Crippen LogP contribution >= 0.6 is 0 Å². The van der Waals surface area contributed by atoms with E-state index in [1.165, 1.54) is 12.1 Å². The lowest BCUT2D eigenvalue weighted by Crippen LogP contribution is -2.02. The normalized spacial score (nSPS) is 11.5. The molecule has 0 aliphatic heterocycles. The molecule has 4 rings (SSSR count). The summed E-state index contributed by atoms with van der Waals surface area (Å²) in [6.45, 7) is 4.10. The van der Waals surface area contributed by atoms with Crippen LogP contribution in [-0.4, -0.2) is 25.1 Å². The van der Waals surface area contributed by atoms with Crippen molar-refractivity contribution in [2.75, 3.05) is 0 Å². The van der Waals surface area contributed by atoms with Gasteiger partial charge in [0.1, 0.15) is 11.3 Å². The topological polar surface area (TPSA) is 69.6 Å². The van der Waals surface area contributed by atoms with Crippen molar-refractivity contribution >= 4 is 11.0 Å². The fraction of sp³-hybridized carbons (Fsp3) is 0.176. The third-order valence-electron chi connectivity index (χ3n) is 3.72. The summed E-state index contributed by atoms with van der Waals surface area (Å²) in [4.78, 5) is 4.34. The maximum atomic E-state index is 13.3. The summed E-state index contributed by atoms with van der Waals surface area (Å²) in [5.41, 5.74) is 3.02. The van der Waals surface area contributed by atoms with Gasteiger partial charge in [0.05, 0.1) is 5.52 Å². The second-order valence-electron chi connectivity index (χ2n) is 5.76. The predicted molar refractivity (Wildman–Crippen MR) is 86.6 cm³/mol. The van der Waals surface area contributed by atoms with Crippen molar-refractivity contribution in [1.82, 2.24) is 25.1 Å². The molecular weight excluding hydrogens is 309 g/mol. The molecule has 0 bridgehead atoms. The molecule has 0 N–H and O–H groups in total. The highest BCUT2D eigenvalue weighted by atomic mass is 19.1. The summed E-state index contributed by atoms with van der Waals surface area (Å²) >= 11 is 0. The molecule has 0 radical (unpaired) electrons.